The van der Waals surface area contributed by atoms with E-state index in [4.69, 9.17) is 4.74 Å². The predicted octanol–water partition coefficient (Wildman–Crippen LogP) is 5.32. The van der Waals surface area contributed by atoms with Crippen LogP contribution in [0, 0.1) is 5.92 Å². The number of amides is 1. The maximum absolute atomic E-state index is 12.8. The number of hydrogen-bond acceptors (Lipinski definition) is 3. The number of carbonyl (C=O) groups excluding carboxylic acids is 1. The lowest BCUT2D eigenvalue weighted by Gasteiger charge is -2.32. The first kappa shape index (κ1) is 23.1. The maximum atomic E-state index is 12.8. The lowest BCUT2D eigenvalue weighted by Crippen LogP contribution is -2.42. The Kier molecular flexibility index (Phi) is 8.15. The minimum atomic E-state index is 0.0767. The van der Waals surface area contributed by atoms with Gasteiger partial charge in [-0.15, -0.1) is 0 Å². The van der Waals surface area contributed by atoms with Gasteiger partial charge in [-0.05, 0) is 61.1 Å². The van der Waals surface area contributed by atoms with Crippen LogP contribution in [0.15, 0.2) is 78.9 Å². The number of benzene rings is 3. The lowest BCUT2D eigenvalue weighted by atomic mass is 9.96. The first-order chi connectivity index (χ1) is 16.2. The number of nitrogens with one attached hydrogen (secondary N) is 1. The molecule has 0 aromatic heterocycles. The number of aryl methyl sites for hydroxylation is 1. The summed E-state index contributed by atoms with van der Waals surface area (Å²) >= 11 is 0. The molecule has 0 radical (unpaired) electrons. The van der Waals surface area contributed by atoms with Crippen molar-refractivity contribution in [1.82, 2.24) is 10.2 Å². The zero-order valence-corrected chi connectivity index (χ0v) is 19.5. The van der Waals surface area contributed by atoms with Gasteiger partial charge in [-0.25, -0.2) is 0 Å². The molecule has 1 fully saturated rings. The molecule has 1 saturated heterocycles. The highest BCUT2D eigenvalue weighted by Gasteiger charge is 2.25. The van der Waals surface area contributed by atoms with Crippen molar-refractivity contribution in [2.75, 3.05) is 26.7 Å². The maximum Gasteiger partial charge on any atom is 0.224 e. The number of ether oxygens (including phenoxy) is 1. The summed E-state index contributed by atoms with van der Waals surface area (Å²) < 4.78 is 5.54. The van der Waals surface area contributed by atoms with Gasteiger partial charge in [0, 0.05) is 25.2 Å². The van der Waals surface area contributed by atoms with E-state index in [1.165, 1.54) is 11.1 Å². The number of nitrogens with zero attached hydrogens (tertiary/aromatic N) is 1. The van der Waals surface area contributed by atoms with Gasteiger partial charge in [0.05, 0.1) is 13.0 Å². The Morgan fingerprint density at radius 3 is 2.64 bits per heavy atom. The van der Waals surface area contributed by atoms with Gasteiger partial charge < -0.3 is 10.1 Å². The quantitative estimate of drug-likeness (QED) is 0.456. The van der Waals surface area contributed by atoms with Crippen molar-refractivity contribution < 1.29 is 9.53 Å². The molecule has 3 aromatic rings. The standard InChI is InChI=1S/C29H34N2O2/c1-33-28-17-6-5-16-27(28)25-14-7-12-24(20-25)21-31-19-9-15-26(22-31)29(32)30-18-8-13-23-10-3-2-4-11-23/h2-7,10-12,14,16-17,20,26H,8-9,13,15,18-19,21-22H2,1H3,(H,30,32). The first-order valence-corrected chi connectivity index (χ1v) is 12.0. The summed E-state index contributed by atoms with van der Waals surface area (Å²) in [5.41, 5.74) is 4.86. The number of methoxy groups -OCH3 is 1. The molecule has 1 amide bonds. The van der Waals surface area contributed by atoms with Crippen molar-refractivity contribution in [3.63, 3.8) is 0 Å². The molecule has 4 nitrogen and oxygen atoms in total. The second kappa shape index (κ2) is 11.7. The van der Waals surface area contributed by atoms with E-state index >= 15 is 0 Å². The molecule has 0 saturated carbocycles. The number of hydrogen-bond donors (Lipinski definition) is 1. The number of rotatable bonds is 9. The summed E-state index contributed by atoms with van der Waals surface area (Å²) in [6.45, 7) is 3.46. The first-order valence-electron chi connectivity index (χ1n) is 12.0. The zero-order chi connectivity index (χ0) is 22.9. The Morgan fingerprint density at radius 1 is 1.00 bits per heavy atom. The van der Waals surface area contributed by atoms with Crippen LogP contribution in [-0.4, -0.2) is 37.6 Å². The Morgan fingerprint density at radius 2 is 1.79 bits per heavy atom. The van der Waals surface area contributed by atoms with Crippen molar-refractivity contribution in [1.29, 1.82) is 0 Å². The fraction of sp³-hybridized carbons (Fsp3) is 0.345. The molecule has 4 heteroatoms. The smallest absolute Gasteiger partial charge is 0.224 e. The second-order valence-electron chi connectivity index (χ2n) is 8.86. The predicted molar refractivity (Wildman–Crippen MR) is 134 cm³/mol. The van der Waals surface area contributed by atoms with Crippen LogP contribution < -0.4 is 10.1 Å². The van der Waals surface area contributed by atoms with Gasteiger partial charge in [-0.1, -0.05) is 66.7 Å². The van der Waals surface area contributed by atoms with E-state index in [1.54, 1.807) is 7.11 Å². The summed E-state index contributed by atoms with van der Waals surface area (Å²) in [4.78, 5) is 15.2. The van der Waals surface area contributed by atoms with E-state index < -0.39 is 0 Å². The van der Waals surface area contributed by atoms with Gasteiger partial charge in [-0.2, -0.15) is 0 Å². The van der Waals surface area contributed by atoms with Crippen LogP contribution in [0.2, 0.25) is 0 Å². The number of para-hydroxylation sites is 1. The summed E-state index contributed by atoms with van der Waals surface area (Å²) in [5, 5.41) is 3.17. The van der Waals surface area contributed by atoms with Gasteiger partial charge in [-0.3, -0.25) is 9.69 Å². The monoisotopic (exact) mass is 442 g/mol. The summed E-state index contributed by atoms with van der Waals surface area (Å²) in [6.07, 6.45) is 4.01. The van der Waals surface area contributed by atoms with Crippen molar-refractivity contribution in [3.8, 4) is 16.9 Å². The van der Waals surface area contributed by atoms with E-state index in [1.807, 2.05) is 24.3 Å². The Labute approximate surface area is 197 Å². The highest BCUT2D eigenvalue weighted by Crippen LogP contribution is 2.30. The Hall–Kier alpha value is -3.11. The number of carbonyl (C=O) groups is 1. The molecule has 33 heavy (non-hydrogen) atoms. The normalized spacial score (nSPS) is 16.3. The molecule has 1 atom stereocenters. The molecule has 1 heterocycles. The van der Waals surface area contributed by atoms with Crippen LogP contribution in [0.4, 0.5) is 0 Å². The van der Waals surface area contributed by atoms with Gasteiger partial charge >= 0.3 is 0 Å². The van der Waals surface area contributed by atoms with Crippen molar-refractivity contribution in [3.05, 3.63) is 90.0 Å². The Bertz CT molecular complexity index is 1030. The van der Waals surface area contributed by atoms with Crippen LogP contribution in [0.1, 0.15) is 30.4 Å². The fourth-order valence-corrected chi connectivity index (χ4v) is 4.68. The van der Waals surface area contributed by atoms with E-state index in [2.05, 4.69) is 64.8 Å². The minimum absolute atomic E-state index is 0.0767. The van der Waals surface area contributed by atoms with Crippen molar-refractivity contribution in [2.24, 2.45) is 5.92 Å². The number of piperidine rings is 1. The van der Waals surface area contributed by atoms with E-state index in [0.717, 1.165) is 68.7 Å². The SMILES string of the molecule is COc1ccccc1-c1cccc(CN2CCCC(C(=O)NCCCc3ccccc3)C2)c1. The molecular weight excluding hydrogens is 408 g/mol. The Balaban J connectivity index is 1.29. The molecule has 0 aliphatic carbocycles. The topological polar surface area (TPSA) is 41.6 Å². The van der Waals surface area contributed by atoms with Crippen LogP contribution in [-0.2, 0) is 17.8 Å². The summed E-state index contributed by atoms with van der Waals surface area (Å²) in [5.74, 6) is 1.17. The van der Waals surface area contributed by atoms with Crippen molar-refractivity contribution >= 4 is 5.91 Å². The van der Waals surface area contributed by atoms with Crippen LogP contribution in [0.25, 0.3) is 11.1 Å². The van der Waals surface area contributed by atoms with Crippen LogP contribution in [0.3, 0.4) is 0 Å². The molecule has 172 valence electrons. The summed E-state index contributed by atoms with van der Waals surface area (Å²) in [6, 6.07) is 27.2. The molecular formula is C29H34N2O2. The minimum Gasteiger partial charge on any atom is -0.496 e. The molecule has 1 aliphatic heterocycles. The molecule has 1 N–H and O–H groups in total. The van der Waals surface area contributed by atoms with Crippen LogP contribution >= 0.6 is 0 Å². The molecule has 1 aliphatic rings. The van der Waals surface area contributed by atoms with Gasteiger partial charge in [0.15, 0.2) is 0 Å². The van der Waals surface area contributed by atoms with Crippen LogP contribution in [0.5, 0.6) is 5.75 Å². The van der Waals surface area contributed by atoms with Gasteiger partial charge in [0.25, 0.3) is 0 Å². The molecule has 0 spiro atoms. The second-order valence-corrected chi connectivity index (χ2v) is 8.86. The molecule has 0 bridgehead atoms. The summed E-state index contributed by atoms with van der Waals surface area (Å²) in [7, 11) is 1.71. The lowest BCUT2D eigenvalue weighted by molar-refractivity contribution is -0.126. The van der Waals surface area contributed by atoms with Crippen molar-refractivity contribution in [2.45, 2.75) is 32.2 Å². The molecule has 3 aromatic carbocycles. The van der Waals surface area contributed by atoms with Gasteiger partial charge in [0.2, 0.25) is 5.91 Å². The average Bonchev–Trinajstić information content (AvgIpc) is 2.87. The van der Waals surface area contributed by atoms with E-state index in [9.17, 15) is 4.79 Å². The zero-order valence-electron chi connectivity index (χ0n) is 19.5. The molecule has 1 unspecified atom stereocenters. The van der Waals surface area contributed by atoms with E-state index in [-0.39, 0.29) is 11.8 Å². The average molecular weight is 443 g/mol. The third-order valence-corrected chi connectivity index (χ3v) is 6.41. The highest BCUT2D eigenvalue weighted by atomic mass is 16.5. The third kappa shape index (κ3) is 6.45. The fourth-order valence-electron chi connectivity index (χ4n) is 4.68. The third-order valence-electron chi connectivity index (χ3n) is 6.41. The number of likely N-dealkylation sites (tertiary alicyclic amines) is 1. The van der Waals surface area contributed by atoms with E-state index in [0.29, 0.717) is 0 Å². The molecule has 4 rings (SSSR count). The highest BCUT2D eigenvalue weighted by molar-refractivity contribution is 5.79. The largest absolute Gasteiger partial charge is 0.496 e. The van der Waals surface area contributed by atoms with Gasteiger partial charge in [0.1, 0.15) is 5.75 Å².